The third kappa shape index (κ3) is 2.34. The lowest BCUT2D eigenvalue weighted by molar-refractivity contribution is 1.25. The van der Waals surface area contributed by atoms with Crippen LogP contribution in [-0.2, 0) is 0 Å². The highest BCUT2D eigenvalue weighted by Gasteiger charge is 2.09. The molecular formula is C14H11N3S2. The second kappa shape index (κ2) is 5.03. The van der Waals surface area contributed by atoms with Crippen molar-refractivity contribution in [1.29, 1.82) is 5.41 Å². The zero-order valence-electron chi connectivity index (χ0n) is 9.96. The number of fused-ring (bicyclic) bond motifs is 1. The van der Waals surface area contributed by atoms with Gasteiger partial charge in [-0.15, -0.1) is 11.3 Å². The Balaban J connectivity index is 2.16. The van der Waals surface area contributed by atoms with Gasteiger partial charge in [-0.25, -0.2) is 4.98 Å². The molecule has 1 aromatic heterocycles. The molecule has 0 fully saturated rings. The molecule has 0 aliphatic rings. The number of benzene rings is 2. The smallest absolute Gasteiger partial charge is 0.154 e. The number of amidine groups is 1. The van der Waals surface area contributed by atoms with Crippen LogP contribution in [0.5, 0.6) is 0 Å². The minimum absolute atomic E-state index is 0.0991. The maximum atomic E-state index is 7.64. The molecule has 0 amide bonds. The van der Waals surface area contributed by atoms with E-state index < -0.39 is 0 Å². The van der Waals surface area contributed by atoms with E-state index in [-0.39, 0.29) is 5.84 Å². The summed E-state index contributed by atoms with van der Waals surface area (Å²) in [5.74, 6) is 0.0991. The van der Waals surface area contributed by atoms with E-state index in [1.165, 1.54) is 0 Å². The van der Waals surface area contributed by atoms with Crippen LogP contribution in [0.15, 0.2) is 57.2 Å². The fourth-order valence-corrected chi connectivity index (χ4v) is 3.66. The zero-order chi connectivity index (χ0) is 13.2. The van der Waals surface area contributed by atoms with E-state index in [2.05, 4.69) is 11.1 Å². The number of nitrogens with zero attached hydrogens (tertiary/aromatic N) is 1. The summed E-state index contributed by atoms with van der Waals surface area (Å²) >= 11 is 3.26. The first-order valence-corrected chi connectivity index (χ1v) is 7.39. The molecule has 2 aromatic carbocycles. The van der Waals surface area contributed by atoms with Crippen LogP contribution in [0.25, 0.3) is 10.8 Å². The highest BCUT2D eigenvalue weighted by atomic mass is 32.2. The Morgan fingerprint density at radius 1 is 1.16 bits per heavy atom. The van der Waals surface area contributed by atoms with Crippen molar-refractivity contribution >= 4 is 39.7 Å². The van der Waals surface area contributed by atoms with Gasteiger partial charge in [0.2, 0.25) is 0 Å². The van der Waals surface area contributed by atoms with Crippen LogP contribution >= 0.6 is 23.1 Å². The second-order valence-electron chi connectivity index (χ2n) is 3.97. The standard InChI is InChI=1S/C14H11N3S2/c15-13(16)11-5-6-12(19-14-17-7-8-18-14)10-4-2-1-3-9(10)11/h1-8H,(H3,15,16). The number of rotatable bonds is 3. The summed E-state index contributed by atoms with van der Waals surface area (Å²) in [6.45, 7) is 0. The Kier molecular flexibility index (Phi) is 3.23. The largest absolute Gasteiger partial charge is 0.384 e. The number of nitrogens with two attached hydrogens (primary N) is 1. The van der Waals surface area contributed by atoms with Crippen LogP contribution in [0.2, 0.25) is 0 Å². The maximum absolute atomic E-state index is 7.64. The summed E-state index contributed by atoms with van der Waals surface area (Å²) in [5.41, 5.74) is 6.41. The molecule has 0 radical (unpaired) electrons. The van der Waals surface area contributed by atoms with Crippen LogP contribution in [0.3, 0.4) is 0 Å². The molecule has 1 heterocycles. The van der Waals surface area contributed by atoms with E-state index in [0.717, 1.165) is 25.6 Å². The van der Waals surface area contributed by atoms with Gasteiger partial charge < -0.3 is 5.73 Å². The monoisotopic (exact) mass is 285 g/mol. The number of thiazole rings is 1. The predicted octanol–water partition coefficient (Wildman–Crippen LogP) is 3.73. The highest BCUT2D eigenvalue weighted by molar-refractivity contribution is 8.01. The number of hydrogen-bond donors (Lipinski definition) is 2. The summed E-state index contributed by atoms with van der Waals surface area (Å²) in [4.78, 5) is 5.43. The molecule has 0 aliphatic carbocycles. The average Bonchev–Trinajstić information content (AvgIpc) is 2.91. The third-order valence-corrected chi connectivity index (χ3v) is 4.74. The molecule has 0 bridgehead atoms. The third-order valence-electron chi connectivity index (χ3n) is 2.78. The molecule has 5 heteroatoms. The van der Waals surface area contributed by atoms with Gasteiger partial charge in [0.1, 0.15) is 5.84 Å². The fraction of sp³-hybridized carbons (Fsp3) is 0. The first-order chi connectivity index (χ1) is 9.25. The average molecular weight is 285 g/mol. The van der Waals surface area contributed by atoms with Gasteiger partial charge in [-0.2, -0.15) is 0 Å². The Morgan fingerprint density at radius 3 is 2.63 bits per heavy atom. The Labute approximate surface area is 119 Å². The van der Waals surface area contributed by atoms with Gasteiger partial charge in [0.15, 0.2) is 4.34 Å². The number of aromatic nitrogens is 1. The van der Waals surface area contributed by atoms with Crippen LogP contribution in [0.4, 0.5) is 0 Å². The van der Waals surface area contributed by atoms with Crippen molar-refractivity contribution in [3.8, 4) is 0 Å². The lowest BCUT2D eigenvalue weighted by Crippen LogP contribution is -2.11. The Hall–Kier alpha value is -1.85. The van der Waals surface area contributed by atoms with Crippen LogP contribution in [0.1, 0.15) is 5.56 Å². The summed E-state index contributed by atoms with van der Waals surface area (Å²) in [5, 5.41) is 11.7. The SMILES string of the molecule is N=C(N)c1ccc(Sc2nccs2)c2ccccc12. The Bertz CT molecular complexity index is 736. The van der Waals surface area contributed by atoms with Gasteiger partial charge >= 0.3 is 0 Å². The lowest BCUT2D eigenvalue weighted by Gasteiger charge is -2.09. The number of nitrogens with one attached hydrogen (secondary N) is 1. The highest BCUT2D eigenvalue weighted by Crippen LogP contribution is 2.35. The topological polar surface area (TPSA) is 62.8 Å². The van der Waals surface area contributed by atoms with Gasteiger partial charge in [-0.3, -0.25) is 5.41 Å². The van der Waals surface area contributed by atoms with Crippen LogP contribution < -0.4 is 5.73 Å². The van der Waals surface area contributed by atoms with E-state index in [1.54, 1.807) is 29.3 Å². The minimum atomic E-state index is 0.0991. The van der Waals surface area contributed by atoms with Crippen molar-refractivity contribution in [3.63, 3.8) is 0 Å². The summed E-state index contributed by atoms with van der Waals surface area (Å²) < 4.78 is 1.01. The zero-order valence-corrected chi connectivity index (χ0v) is 11.6. The van der Waals surface area contributed by atoms with E-state index >= 15 is 0 Å². The minimum Gasteiger partial charge on any atom is -0.384 e. The van der Waals surface area contributed by atoms with E-state index in [1.807, 2.05) is 35.7 Å². The van der Waals surface area contributed by atoms with Gasteiger partial charge in [0, 0.05) is 22.0 Å². The van der Waals surface area contributed by atoms with Crippen molar-refractivity contribution < 1.29 is 0 Å². The molecule has 3 rings (SSSR count). The fourth-order valence-electron chi connectivity index (χ4n) is 1.95. The first kappa shape index (κ1) is 12.2. The first-order valence-electron chi connectivity index (χ1n) is 5.69. The maximum Gasteiger partial charge on any atom is 0.154 e. The van der Waals surface area contributed by atoms with E-state index in [4.69, 9.17) is 11.1 Å². The van der Waals surface area contributed by atoms with Crippen LogP contribution in [0, 0.1) is 5.41 Å². The van der Waals surface area contributed by atoms with Gasteiger partial charge in [0.05, 0.1) is 0 Å². The second-order valence-corrected chi connectivity index (χ2v) is 6.15. The van der Waals surface area contributed by atoms with Crippen molar-refractivity contribution in [2.45, 2.75) is 9.24 Å². The van der Waals surface area contributed by atoms with Crippen molar-refractivity contribution in [2.75, 3.05) is 0 Å². The molecule has 0 saturated carbocycles. The quantitative estimate of drug-likeness (QED) is 0.569. The molecule has 3 aromatic rings. The van der Waals surface area contributed by atoms with Gasteiger partial charge in [-0.1, -0.05) is 36.0 Å². The molecule has 0 spiro atoms. The van der Waals surface area contributed by atoms with Crippen molar-refractivity contribution in [1.82, 2.24) is 4.98 Å². The molecule has 0 atom stereocenters. The molecule has 0 aliphatic heterocycles. The summed E-state index contributed by atoms with van der Waals surface area (Å²) in [6.07, 6.45) is 1.80. The number of nitrogen functional groups attached to an aromatic ring is 1. The molecule has 19 heavy (non-hydrogen) atoms. The van der Waals surface area contributed by atoms with Gasteiger partial charge in [0.25, 0.3) is 0 Å². The van der Waals surface area contributed by atoms with Crippen molar-refractivity contribution in [3.05, 3.63) is 53.5 Å². The van der Waals surface area contributed by atoms with Gasteiger partial charge in [-0.05, 0) is 22.9 Å². The van der Waals surface area contributed by atoms with Crippen LogP contribution in [-0.4, -0.2) is 10.8 Å². The molecule has 0 unspecified atom stereocenters. The van der Waals surface area contributed by atoms with Crippen molar-refractivity contribution in [2.24, 2.45) is 5.73 Å². The summed E-state index contributed by atoms with van der Waals surface area (Å²) in [6, 6.07) is 11.9. The molecule has 0 saturated heterocycles. The Morgan fingerprint density at radius 2 is 1.95 bits per heavy atom. The predicted molar refractivity (Wildman–Crippen MR) is 81.2 cm³/mol. The normalized spacial score (nSPS) is 10.7. The lowest BCUT2D eigenvalue weighted by atomic mass is 10.0. The van der Waals surface area contributed by atoms with E-state index in [0.29, 0.717) is 0 Å². The molecule has 94 valence electrons. The van der Waals surface area contributed by atoms with E-state index in [9.17, 15) is 0 Å². The number of hydrogen-bond acceptors (Lipinski definition) is 4. The molecular weight excluding hydrogens is 274 g/mol. The molecule has 3 N–H and O–H groups in total. The summed E-state index contributed by atoms with van der Waals surface area (Å²) in [7, 11) is 0. The molecule has 3 nitrogen and oxygen atoms in total.